The average Bonchev–Trinajstić information content (AvgIpc) is 2.28. The second-order valence-corrected chi connectivity index (χ2v) is 3.99. The van der Waals surface area contributed by atoms with Gasteiger partial charge >= 0.3 is 0 Å². The Kier molecular flexibility index (Phi) is 3.01. The van der Waals surface area contributed by atoms with E-state index in [0.717, 1.165) is 12.1 Å². The van der Waals surface area contributed by atoms with Crippen molar-refractivity contribution in [3.63, 3.8) is 0 Å². The Morgan fingerprint density at radius 1 is 1.12 bits per heavy atom. The molecule has 88 valence electrons. The maximum absolute atomic E-state index is 13.0. The molecule has 0 atom stereocenters. The lowest BCUT2D eigenvalue weighted by molar-refractivity contribution is 0.447. The first kappa shape index (κ1) is 11.8. The highest BCUT2D eigenvalue weighted by atomic mass is 79.9. The van der Waals surface area contributed by atoms with Crippen molar-refractivity contribution in [3.05, 3.63) is 40.4 Å². The first-order valence-corrected chi connectivity index (χ1v) is 5.21. The van der Waals surface area contributed by atoms with Crippen LogP contribution in [0.15, 0.2) is 22.9 Å². The summed E-state index contributed by atoms with van der Waals surface area (Å²) in [4.78, 5) is 7.69. The van der Waals surface area contributed by atoms with Crippen LogP contribution in [0.2, 0.25) is 0 Å². The number of benzene rings is 1. The zero-order valence-corrected chi connectivity index (χ0v) is 9.80. The molecule has 0 aliphatic rings. The number of hydrogen-bond donors (Lipinski definition) is 1. The maximum atomic E-state index is 13.0. The van der Waals surface area contributed by atoms with Crippen molar-refractivity contribution in [2.75, 3.05) is 5.73 Å². The van der Waals surface area contributed by atoms with E-state index in [1.165, 1.54) is 6.20 Å². The average molecular weight is 304 g/mol. The molecule has 1 aromatic carbocycles. The second kappa shape index (κ2) is 4.33. The van der Waals surface area contributed by atoms with Crippen molar-refractivity contribution in [2.24, 2.45) is 0 Å². The van der Waals surface area contributed by atoms with Crippen molar-refractivity contribution in [1.29, 1.82) is 0 Å². The largest absolute Gasteiger partial charge is 0.382 e. The molecular weight excluding hydrogens is 299 g/mol. The lowest BCUT2D eigenvalue weighted by atomic mass is 10.1. The summed E-state index contributed by atoms with van der Waals surface area (Å²) in [6, 6.07) is 1.62. The topological polar surface area (TPSA) is 51.8 Å². The fourth-order valence-electron chi connectivity index (χ4n) is 1.28. The summed E-state index contributed by atoms with van der Waals surface area (Å²) in [6.07, 6.45) is 1.34. The van der Waals surface area contributed by atoms with Gasteiger partial charge in [0, 0.05) is 5.56 Å². The highest BCUT2D eigenvalue weighted by Crippen LogP contribution is 2.26. The third kappa shape index (κ3) is 2.23. The zero-order chi connectivity index (χ0) is 12.6. The Hall–Kier alpha value is -1.63. The van der Waals surface area contributed by atoms with Crippen LogP contribution in [0.4, 0.5) is 19.0 Å². The van der Waals surface area contributed by atoms with Gasteiger partial charge < -0.3 is 5.73 Å². The van der Waals surface area contributed by atoms with E-state index in [9.17, 15) is 13.2 Å². The van der Waals surface area contributed by atoms with Gasteiger partial charge in [-0.1, -0.05) is 0 Å². The number of nitrogens with zero attached hydrogens (tertiary/aromatic N) is 2. The van der Waals surface area contributed by atoms with Crippen LogP contribution in [0.5, 0.6) is 0 Å². The Bertz CT molecular complexity index is 566. The normalized spacial score (nSPS) is 10.6. The minimum absolute atomic E-state index is 0.00129. The Labute approximate surface area is 103 Å². The van der Waals surface area contributed by atoms with Crippen LogP contribution in [-0.4, -0.2) is 9.97 Å². The van der Waals surface area contributed by atoms with Gasteiger partial charge in [0.25, 0.3) is 0 Å². The van der Waals surface area contributed by atoms with Crippen LogP contribution in [0.25, 0.3) is 11.3 Å². The summed E-state index contributed by atoms with van der Waals surface area (Å²) in [7, 11) is 0. The molecule has 0 amide bonds. The van der Waals surface area contributed by atoms with E-state index in [1.807, 2.05) is 0 Å². The predicted octanol–water partition coefficient (Wildman–Crippen LogP) is 2.91. The van der Waals surface area contributed by atoms with Gasteiger partial charge in [-0.15, -0.1) is 0 Å². The van der Waals surface area contributed by atoms with Crippen LogP contribution in [0.3, 0.4) is 0 Å². The predicted molar refractivity (Wildman–Crippen MR) is 59.5 cm³/mol. The van der Waals surface area contributed by atoms with E-state index in [1.54, 1.807) is 0 Å². The maximum Gasteiger partial charge on any atom is 0.194 e. The van der Waals surface area contributed by atoms with Gasteiger partial charge in [-0.25, -0.2) is 23.1 Å². The number of hydrogen-bond acceptors (Lipinski definition) is 3. The van der Waals surface area contributed by atoms with Crippen LogP contribution in [0.1, 0.15) is 0 Å². The highest BCUT2D eigenvalue weighted by molar-refractivity contribution is 9.10. The molecule has 17 heavy (non-hydrogen) atoms. The monoisotopic (exact) mass is 303 g/mol. The van der Waals surface area contributed by atoms with Crippen LogP contribution < -0.4 is 5.73 Å². The minimum atomic E-state index is -1.53. The Morgan fingerprint density at radius 3 is 2.29 bits per heavy atom. The van der Waals surface area contributed by atoms with Gasteiger partial charge in [0.15, 0.2) is 17.5 Å². The van der Waals surface area contributed by atoms with Gasteiger partial charge in [-0.3, -0.25) is 0 Å². The lowest BCUT2D eigenvalue weighted by Gasteiger charge is -2.05. The summed E-state index contributed by atoms with van der Waals surface area (Å²) in [5.74, 6) is -4.14. The molecule has 7 heteroatoms. The first-order chi connectivity index (χ1) is 7.99. The summed E-state index contributed by atoms with van der Waals surface area (Å²) in [6.45, 7) is 0. The zero-order valence-electron chi connectivity index (χ0n) is 8.22. The number of aromatic nitrogens is 2. The van der Waals surface area contributed by atoms with Gasteiger partial charge in [0.1, 0.15) is 16.1 Å². The molecule has 3 nitrogen and oxygen atoms in total. The second-order valence-electron chi connectivity index (χ2n) is 3.18. The molecule has 0 spiro atoms. The van der Waals surface area contributed by atoms with Crippen LogP contribution >= 0.6 is 15.9 Å². The van der Waals surface area contributed by atoms with E-state index < -0.39 is 17.5 Å². The molecule has 2 rings (SSSR count). The van der Waals surface area contributed by atoms with E-state index >= 15 is 0 Å². The van der Waals surface area contributed by atoms with Crippen molar-refractivity contribution in [1.82, 2.24) is 9.97 Å². The number of halogens is 4. The summed E-state index contributed by atoms with van der Waals surface area (Å²) in [5.41, 5.74) is 5.63. The molecule has 0 aliphatic carbocycles. The standard InChI is InChI=1S/C10H5BrF3N3/c11-7-3-16-10(15)9(17-7)4-1-5(12)8(14)6(13)2-4/h1-3H,(H2,15,16). The fourth-order valence-corrected chi connectivity index (χ4v) is 1.56. The molecule has 0 fully saturated rings. The summed E-state index contributed by atoms with van der Waals surface area (Å²) < 4.78 is 39.2. The molecule has 1 heterocycles. The van der Waals surface area contributed by atoms with Crippen molar-refractivity contribution >= 4 is 21.7 Å². The molecule has 0 radical (unpaired) electrons. The van der Waals surface area contributed by atoms with E-state index in [0.29, 0.717) is 4.60 Å². The van der Waals surface area contributed by atoms with Crippen LogP contribution in [-0.2, 0) is 0 Å². The minimum Gasteiger partial charge on any atom is -0.382 e. The molecule has 1 aromatic heterocycles. The van der Waals surface area contributed by atoms with E-state index in [4.69, 9.17) is 5.73 Å². The van der Waals surface area contributed by atoms with E-state index in [-0.39, 0.29) is 17.1 Å². The number of nitrogen functional groups attached to an aromatic ring is 1. The Balaban J connectivity index is 2.64. The number of nitrogens with two attached hydrogens (primary N) is 1. The van der Waals surface area contributed by atoms with Gasteiger partial charge in [-0.05, 0) is 28.1 Å². The van der Waals surface area contributed by atoms with Crippen molar-refractivity contribution in [2.45, 2.75) is 0 Å². The molecule has 2 N–H and O–H groups in total. The molecule has 0 bridgehead atoms. The molecular formula is C10H5BrF3N3. The van der Waals surface area contributed by atoms with Crippen LogP contribution in [0, 0.1) is 17.5 Å². The summed E-state index contributed by atoms with van der Waals surface area (Å²) >= 11 is 3.05. The fraction of sp³-hybridized carbons (Fsp3) is 0. The summed E-state index contributed by atoms with van der Waals surface area (Å²) in [5, 5.41) is 0. The lowest BCUT2D eigenvalue weighted by Crippen LogP contribution is -1.99. The Morgan fingerprint density at radius 2 is 1.71 bits per heavy atom. The first-order valence-electron chi connectivity index (χ1n) is 4.42. The molecule has 0 unspecified atom stereocenters. The number of rotatable bonds is 1. The van der Waals surface area contributed by atoms with Gasteiger partial charge in [0.2, 0.25) is 0 Å². The molecule has 0 aliphatic heterocycles. The van der Waals surface area contributed by atoms with Crippen molar-refractivity contribution < 1.29 is 13.2 Å². The quantitative estimate of drug-likeness (QED) is 0.824. The molecule has 0 saturated carbocycles. The van der Waals surface area contributed by atoms with Gasteiger partial charge in [0.05, 0.1) is 6.20 Å². The van der Waals surface area contributed by atoms with Gasteiger partial charge in [-0.2, -0.15) is 0 Å². The SMILES string of the molecule is Nc1ncc(Br)nc1-c1cc(F)c(F)c(F)c1. The number of anilines is 1. The molecule has 2 aromatic rings. The van der Waals surface area contributed by atoms with E-state index in [2.05, 4.69) is 25.9 Å². The third-order valence-corrected chi connectivity index (χ3v) is 2.41. The third-order valence-electron chi connectivity index (χ3n) is 2.03. The molecule has 0 saturated heterocycles. The highest BCUT2D eigenvalue weighted by Gasteiger charge is 2.14. The van der Waals surface area contributed by atoms with Crippen molar-refractivity contribution in [3.8, 4) is 11.3 Å². The smallest absolute Gasteiger partial charge is 0.194 e.